The summed E-state index contributed by atoms with van der Waals surface area (Å²) >= 11 is 0. The van der Waals surface area contributed by atoms with Gasteiger partial charge in [0.25, 0.3) is 0 Å². The van der Waals surface area contributed by atoms with Gasteiger partial charge in [-0.3, -0.25) is 0 Å². The summed E-state index contributed by atoms with van der Waals surface area (Å²) in [4.78, 5) is 0. The predicted octanol–water partition coefficient (Wildman–Crippen LogP) is 2.83. The van der Waals surface area contributed by atoms with E-state index in [1.54, 1.807) is 12.8 Å². The standard InChI is InChI=1S/C9H16/c1-2-3-4-7-5-8-6-9(7)8/h7-9H,2-6H2,1H3. The molecule has 0 aromatic rings. The number of hydrogen-bond acceptors (Lipinski definition) is 0. The highest BCUT2D eigenvalue weighted by Gasteiger charge is 2.52. The Labute approximate surface area is 57.6 Å². The maximum absolute atomic E-state index is 2.29. The molecule has 0 amide bonds. The molecule has 0 aliphatic heterocycles. The van der Waals surface area contributed by atoms with E-state index in [-0.39, 0.29) is 0 Å². The van der Waals surface area contributed by atoms with Gasteiger partial charge >= 0.3 is 0 Å². The van der Waals surface area contributed by atoms with E-state index < -0.39 is 0 Å². The third-order valence-corrected chi connectivity index (χ3v) is 3.12. The van der Waals surface area contributed by atoms with E-state index in [9.17, 15) is 0 Å². The molecule has 0 N–H and O–H groups in total. The highest BCUT2D eigenvalue weighted by molar-refractivity contribution is 5.01. The van der Waals surface area contributed by atoms with E-state index >= 15 is 0 Å². The van der Waals surface area contributed by atoms with Crippen LogP contribution in [0, 0.1) is 17.8 Å². The lowest BCUT2D eigenvalue weighted by atomic mass is 9.82. The Bertz CT molecular complexity index is 107. The Morgan fingerprint density at radius 2 is 2.22 bits per heavy atom. The molecule has 52 valence electrons. The molecule has 3 unspecified atom stereocenters. The summed E-state index contributed by atoms with van der Waals surface area (Å²) in [5.74, 6) is 3.61. The lowest BCUT2D eigenvalue weighted by Gasteiger charge is -2.24. The first-order chi connectivity index (χ1) is 4.42. The second kappa shape index (κ2) is 2.00. The van der Waals surface area contributed by atoms with Gasteiger partial charge in [0.05, 0.1) is 0 Å². The van der Waals surface area contributed by atoms with Crippen LogP contribution in [0.3, 0.4) is 0 Å². The SMILES string of the molecule is CCCCC1CC2CC12. The Morgan fingerprint density at radius 3 is 2.67 bits per heavy atom. The van der Waals surface area contributed by atoms with Gasteiger partial charge in [0.1, 0.15) is 0 Å². The van der Waals surface area contributed by atoms with Crippen molar-refractivity contribution in [2.75, 3.05) is 0 Å². The van der Waals surface area contributed by atoms with Gasteiger partial charge in [0.15, 0.2) is 0 Å². The van der Waals surface area contributed by atoms with Crippen molar-refractivity contribution < 1.29 is 0 Å². The normalized spacial score (nSPS) is 45.7. The molecule has 2 aliphatic carbocycles. The van der Waals surface area contributed by atoms with Gasteiger partial charge in [-0.1, -0.05) is 26.2 Å². The van der Waals surface area contributed by atoms with Crippen LogP contribution >= 0.6 is 0 Å². The van der Waals surface area contributed by atoms with Gasteiger partial charge in [-0.15, -0.1) is 0 Å². The molecular weight excluding hydrogens is 108 g/mol. The summed E-state index contributed by atoms with van der Waals surface area (Å²) < 4.78 is 0. The van der Waals surface area contributed by atoms with Crippen LogP contribution in [-0.2, 0) is 0 Å². The van der Waals surface area contributed by atoms with E-state index in [2.05, 4.69) is 6.92 Å². The second-order valence-electron chi connectivity index (χ2n) is 3.80. The summed E-state index contributed by atoms with van der Waals surface area (Å²) in [6, 6.07) is 0. The molecule has 0 nitrogen and oxygen atoms in total. The molecule has 2 fully saturated rings. The highest BCUT2D eigenvalue weighted by atomic mass is 14.6. The Hall–Kier alpha value is 0. The summed E-state index contributed by atoms with van der Waals surface area (Å²) in [5, 5.41) is 0. The van der Waals surface area contributed by atoms with Crippen molar-refractivity contribution in [3.8, 4) is 0 Å². The average molecular weight is 124 g/mol. The van der Waals surface area contributed by atoms with Gasteiger partial charge in [-0.2, -0.15) is 0 Å². The molecule has 0 radical (unpaired) electrons. The average Bonchev–Trinajstić information content (AvgIpc) is 2.44. The molecular formula is C9H16. The molecule has 2 rings (SSSR count). The predicted molar refractivity (Wildman–Crippen MR) is 39.2 cm³/mol. The van der Waals surface area contributed by atoms with Crippen LogP contribution in [0.2, 0.25) is 0 Å². The zero-order valence-corrected chi connectivity index (χ0v) is 6.27. The number of fused-ring (bicyclic) bond motifs is 1. The maximum Gasteiger partial charge on any atom is -0.0354 e. The molecule has 0 heterocycles. The lowest BCUT2D eigenvalue weighted by Crippen LogP contribution is -2.14. The molecule has 0 aromatic carbocycles. The molecule has 0 heteroatoms. The fraction of sp³-hybridized carbons (Fsp3) is 1.00. The summed E-state index contributed by atoms with van der Waals surface area (Å²) in [7, 11) is 0. The van der Waals surface area contributed by atoms with Crippen molar-refractivity contribution in [2.45, 2.75) is 39.0 Å². The smallest absolute Gasteiger partial charge is 0.0354 e. The van der Waals surface area contributed by atoms with Crippen LogP contribution in [0.5, 0.6) is 0 Å². The Kier molecular flexibility index (Phi) is 1.28. The zero-order chi connectivity index (χ0) is 6.27. The summed E-state index contributed by atoms with van der Waals surface area (Å²) in [6.07, 6.45) is 7.60. The van der Waals surface area contributed by atoms with Crippen molar-refractivity contribution in [1.29, 1.82) is 0 Å². The first-order valence-corrected chi connectivity index (χ1v) is 4.42. The topological polar surface area (TPSA) is 0 Å². The van der Waals surface area contributed by atoms with Gasteiger partial charge < -0.3 is 0 Å². The monoisotopic (exact) mass is 124 g/mol. The number of rotatable bonds is 3. The molecule has 2 aliphatic rings. The Morgan fingerprint density at radius 1 is 1.33 bits per heavy atom. The van der Waals surface area contributed by atoms with Crippen LogP contribution in [0.15, 0.2) is 0 Å². The largest absolute Gasteiger partial charge is 0.0654 e. The quantitative estimate of drug-likeness (QED) is 0.542. The first kappa shape index (κ1) is 5.76. The van der Waals surface area contributed by atoms with Crippen LogP contribution in [0.25, 0.3) is 0 Å². The molecule has 2 saturated carbocycles. The fourth-order valence-corrected chi connectivity index (χ4v) is 2.29. The number of unbranched alkanes of at least 4 members (excludes halogenated alkanes) is 1. The van der Waals surface area contributed by atoms with Crippen LogP contribution in [-0.4, -0.2) is 0 Å². The lowest BCUT2D eigenvalue weighted by molar-refractivity contribution is 0.264. The van der Waals surface area contributed by atoms with Gasteiger partial charge in [-0.25, -0.2) is 0 Å². The van der Waals surface area contributed by atoms with Gasteiger partial charge in [0.2, 0.25) is 0 Å². The summed E-state index contributed by atoms with van der Waals surface area (Å²) in [6.45, 7) is 2.29. The van der Waals surface area contributed by atoms with E-state index in [0.29, 0.717) is 0 Å². The third kappa shape index (κ3) is 0.889. The molecule has 0 aromatic heterocycles. The minimum absolute atomic E-state index is 1.18. The Balaban J connectivity index is 1.64. The van der Waals surface area contributed by atoms with E-state index in [1.165, 1.54) is 37.0 Å². The maximum atomic E-state index is 2.29. The van der Waals surface area contributed by atoms with Crippen molar-refractivity contribution in [1.82, 2.24) is 0 Å². The second-order valence-corrected chi connectivity index (χ2v) is 3.80. The van der Waals surface area contributed by atoms with Crippen molar-refractivity contribution in [2.24, 2.45) is 17.8 Å². The molecule has 0 bridgehead atoms. The van der Waals surface area contributed by atoms with Crippen LogP contribution in [0.4, 0.5) is 0 Å². The van der Waals surface area contributed by atoms with E-state index in [4.69, 9.17) is 0 Å². The fourth-order valence-electron chi connectivity index (χ4n) is 2.29. The number of hydrogen-bond donors (Lipinski definition) is 0. The van der Waals surface area contributed by atoms with Crippen molar-refractivity contribution in [3.05, 3.63) is 0 Å². The van der Waals surface area contributed by atoms with Crippen molar-refractivity contribution >= 4 is 0 Å². The summed E-state index contributed by atoms with van der Waals surface area (Å²) in [5.41, 5.74) is 0. The zero-order valence-electron chi connectivity index (χ0n) is 6.27. The first-order valence-electron chi connectivity index (χ1n) is 4.42. The molecule has 3 atom stereocenters. The van der Waals surface area contributed by atoms with Crippen LogP contribution in [0.1, 0.15) is 39.0 Å². The minimum Gasteiger partial charge on any atom is -0.0654 e. The van der Waals surface area contributed by atoms with Crippen LogP contribution < -0.4 is 0 Å². The molecule has 9 heavy (non-hydrogen) atoms. The molecule has 0 saturated heterocycles. The third-order valence-electron chi connectivity index (χ3n) is 3.12. The van der Waals surface area contributed by atoms with Crippen molar-refractivity contribution in [3.63, 3.8) is 0 Å². The molecule has 0 spiro atoms. The van der Waals surface area contributed by atoms with E-state index in [0.717, 1.165) is 0 Å². The minimum atomic E-state index is 1.18. The van der Waals surface area contributed by atoms with Gasteiger partial charge in [-0.05, 0) is 30.6 Å². The highest BCUT2D eigenvalue weighted by Crippen LogP contribution is 2.61. The van der Waals surface area contributed by atoms with Gasteiger partial charge in [0, 0.05) is 0 Å². The van der Waals surface area contributed by atoms with E-state index in [1.807, 2.05) is 0 Å².